The lowest BCUT2D eigenvalue weighted by Crippen LogP contribution is -2.15. The summed E-state index contributed by atoms with van der Waals surface area (Å²) in [6.45, 7) is 4.72. The predicted octanol–water partition coefficient (Wildman–Crippen LogP) is 17.9. The van der Waals surface area contributed by atoms with Gasteiger partial charge in [0.05, 0.1) is 5.69 Å². The quantitative estimate of drug-likeness (QED) is 0.166. The molecule has 10 aromatic carbocycles. The Hall–Kier alpha value is -7.72. The van der Waals surface area contributed by atoms with E-state index in [2.05, 4.69) is 231 Å². The molecule has 302 valence electrons. The highest BCUT2D eigenvalue weighted by molar-refractivity contribution is 7.26. The van der Waals surface area contributed by atoms with Crippen LogP contribution in [0.15, 0.2) is 217 Å². The maximum atomic E-state index is 7.24. The van der Waals surface area contributed by atoms with Crippen LogP contribution >= 0.6 is 11.3 Å². The largest absolute Gasteiger partial charge is 0.455 e. The average Bonchev–Trinajstić information content (AvgIpc) is 4.00. The summed E-state index contributed by atoms with van der Waals surface area (Å²) in [5.74, 6) is 0. The van der Waals surface area contributed by atoms with Crippen molar-refractivity contribution in [1.29, 1.82) is 0 Å². The molecule has 0 N–H and O–H groups in total. The monoisotopic (exact) mass is 835 g/mol. The van der Waals surface area contributed by atoms with Crippen molar-refractivity contribution in [2.24, 2.45) is 0 Å². The summed E-state index contributed by atoms with van der Waals surface area (Å²) in [7, 11) is 0. The first-order valence-corrected chi connectivity index (χ1v) is 22.9. The standard InChI is InChI=1S/C61H41NOS/c1-61(2)53-21-10-8-17-47(53)48-33-28-42(37-54(48)61)57-55(36-35-51-50-34-27-40-15-6-7-16-45(40)58(50)63-59(51)57)62(43-29-23-39(24-30-43)38-13-4-3-5-14-38)44-31-25-41(26-32-44)46-19-12-20-52-49-18-9-11-22-56(49)64-60(46)52/h3-37H,1-2H3. The maximum absolute atomic E-state index is 7.24. The molecule has 0 bridgehead atoms. The molecule has 0 atom stereocenters. The van der Waals surface area contributed by atoms with Crippen LogP contribution in [0, 0.1) is 0 Å². The molecule has 64 heavy (non-hydrogen) atoms. The molecule has 0 fully saturated rings. The Bertz CT molecular complexity index is 3800. The second-order valence-electron chi connectivity index (χ2n) is 17.6. The van der Waals surface area contributed by atoms with E-state index in [-0.39, 0.29) is 5.41 Å². The van der Waals surface area contributed by atoms with Crippen LogP contribution in [-0.2, 0) is 5.41 Å². The van der Waals surface area contributed by atoms with Gasteiger partial charge in [0.15, 0.2) is 0 Å². The van der Waals surface area contributed by atoms with Crippen LogP contribution in [0.3, 0.4) is 0 Å². The van der Waals surface area contributed by atoms with Crippen LogP contribution in [0.5, 0.6) is 0 Å². The van der Waals surface area contributed by atoms with Gasteiger partial charge in [-0.2, -0.15) is 0 Å². The summed E-state index contributed by atoms with van der Waals surface area (Å²) >= 11 is 1.87. The zero-order chi connectivity index (χ0) is 42.5. The van der Waals surface area contributed by atoms with Gasteiger partial charge < -0.3 is 9.32 Å². The molecule has 2 aromatic heterocycles. The first kappa shape index (κ1) is 36.9. The molecule has 12 aromatic rings. The van der Waals surface area contributed by atoms with E-state index in [9.17, 15) is 0 Å². The Labute approximate surface area is 375 Å². The molecule has 0 spiro atoms. The van der Waals surface area contributed by atoms with Crippen LogP contribution in [0.4, 0.5) is 17.1 Å². The van der Waals surface area contributed by atoms with Gasteiger partial charge in [-0.25, -0.2) is 0 Å². The molecule has 2 heterocycles. The van der Waals surface area contributed by atoms with E-state index >= 15 is 0 Å². The second-order valence-corrected chi connectivity index (χ2v) is 18.7. The van der Waals surface area contributed by atoms with Gasteiger partial charge in [-0.3, -0.25) is 0 Å². The van der Waals surface area contributed by atoms with Gasteiger partial charge in [0, 0.05) is 58.7 Å². The summed E-state index contributed by atoms with van der Waals surface area (Å²) < 4.78 is 9.87. The predicted molar refractivity (Wildman–Crippen MR) is 273 cm³/mol. The third-order valence-corrected chi connectivity index (χ3v) is 14.9. The van der Waals surface area contributed by atoms with Gasteiger partial charge in [0.25, 0.3) is 0 Å². The lowest BCUT2D eigenvalue weighted by atomic mass is 9.81. The number of nitrogens with zero attached hydrogens (tertiary/aromatic N) is 1. The zero-order valence-corrected chi connectivity index (χ0v) is 36.3. The fourth-order valence-electron chi connectivity index (χ4n) is 10.5. The molecule has 0 saturated carbocycles. The molecule has 3 heteroatoms. The van der Waals surface area contributed by atoms with Crippen LogP contribution in [0.2, 0.25) is 0 Å². The second kappa shape index (κ2) is 14.2. The van der Waals surface area contributed by atoms with Crippen LogP contribution in [0.25, 0.3) is 97.4 Å². The topological polar surface area (TPSA) is 16.4 Å². The number of hydrogen-bond acceptors (Lipinski definition) is 3. The summed E-state index contributed by atoms with van der Waals surface area (Å²) in [5, 5.41) is 7.12. The van der Waals surface area contributed by atoms with Crippen LogP contribution in [-0.4, -0.2) is 0 Å². The third kappa shape index (κ3) is 5.57. The van der Waals surface area contributed by atoms with E-state index in [4.69, 9.17) is 4.42 Å². The number of benzene rings is 10. The van der Waals surface area contributed by atoms with E-state index in [1.165, 1.54) is 70.1 Å². The van der Waals surface area contributed by atoms with Gasteiger partial charge in [0.2, 0.25) is 0 Å². The third-order valence-electron chi connectivity index (χ3n) is 13.7. The van der Waals surface area contributed by atoms with Crippen molar-refractivity contribution in [1.82, 2.24) is 0 Å². The number of furan rings is 1. The minimum atomic E-state index is -0.167. The van der Waals surface area contributed by atoms with E-state index in [0.717, 1.165) is 55.5 Å². The molecule has 13 rings (SSSR count). The Morgan fingerprint density at radius 3 is 1.84 bits per heavy atom. The van der Waals surface area contributed by atoms with Crippen molar-refractivity contribution in [3.05, 3.63) is 223 Å². The Balaban J connectivity index is 1.05. The van der Waals surface area contributed by atoms with E-state index in [1.54, 1.807) is 0 Å². The fourth-order valence-corrected chi connectivity index (χ4v) is 11.7. The Morgan fingerprint density at radius 1 is 0.406 bits per heavy atom. The van der Waals surface area contributed by atoms with Crippen molar-refractivity contribution in [3.8, 4) is 44.5 Å². The van der Waals surface area contributed by atoms with Gasteiger partial charge in [-0.15, -0.1) is 11.3 Å². The average molecular weight is 836 g/mol. The van der Waals surface area contributed by atoms with E-state index in [1.807, 2.05) is 11.3 Å². The number of thiophene rings is 1. The smallest absolute Gasteiger partial charge is 0.145 e. The number of hydrogen-bond donors (Lipinski definition) is 0. The molecule has 2 nitrogen and oxygen atoms in total. The lowest BCUT2D eigenvalue weighted by Gasteiger charge is -2.29. The molecular formula is C61H41NOS. The van der Waals surface area contributed by atoms with Gasteiger partial charge in [-0.05, 0) is 110 Å². The zero-order valence-electron chi connectivity index (χ0n) is 35.5. The van der Waals surface area contributed by atoms with Gasteiger partial charge in [0.1, 0.15) is 11.2 Å². The van der Waals surface area contributed by atoms with Crippen molar-refractivity contribution in [3.63, 3.8) is 0 Å². The number of anilines is 3. The molecule has 1 aliphatic carbocycles. The van der Waals surface area contributed by atoms with E-state index in [0.29, 0.717) is 0 Å². The molecule has 0 unspecified atom stereocenters. The van der Waals surface area contributed by atoms with Crippen LogP contribution in [0.1, 0.15) is 25.0 Å². The number of rotatable bonds is 6. The highest BCUT2D eigenvalue weighted by Crippen LogP contribution is 2.53. The Kier molecular flexibility index (Phi) is 8.16. The molecular weight excluding hydrogens is 795 g/mol. The van der Waals surface area contributed by atoms with Crippen molar-refractivity contribution in [2.45, 2.75) is 19.3 Å². The molecule has 0 amide bonds. The van der Waals surface area contributed by atoms with Gasteiger partial charge >= 0.3 is 0 Å². The van der Waals surface area contributed by atoms with Crippen molar-refractivity contribution < 1.29 is 4.42 Å². The van der Waals surface area contributed by atoms with Crippen molar-refractivity contribution in [2.75, 3.05) is 4.90 Å². The minimum absolute atomic E-state index is 0.167. The molecule has 0 saturated heterocycles. The molecule has 0 radical (unpaired) electrons. The van der Waals surface area contributed by atoms with Gasteiger partial charge in [-0.1, -0.05) is 172 Å². The van der Waals surface area contributed by atoms with Crippen LogP contribution < -0.4 is 4.90 Å². The maximum Gasteiger partial charge on any atom is 0.145 e. The summed E-state index contributed by atoms with van der Waals surface area (Å²) in [4.78, 5) is 2.42. The minimum Gasteiger partial charge on any atom is -0.455 e. The summed E-state index contributed by atoms with van der Waals surface area (Å²) in [6.07, 6.45) is 0. The highest BCUT2D eigenvalue weighted by Gasteiger charge is 2.36. The van der Waals surface area contributed by atoms with Crippen molar-refractivity contribution >= 4 is 81.3 Å². The highest BCUT2D eigenvalue weighted by atomic mass is 32.1. The normalized spacial score (nSPS) is 13.0. The summed E-state index contributed by atoms with van der Waals surface area (Å²) in [5.41, 5.74) is 17.1. The Morgan fingerprint density at radius 2 is 1.02 bits per heavy atom. The summed E-state index contributed by atoms with van der Waals surface area (Å²) in [6, 6.07) is 77.8. The van der Waals surface area contributed by atoms with E-state index < -0.39 is 0 Å². The number of fused-ring (bicyclic) bond motifs is 11. The fraction of sp³-hybridized carbons (Fsp3) is 0.0492. The first-order valence-electron chi connectivity index (χ1n) is 22.1. The SMILES string of the molecule is CC1(C)c2ccccc2-c2ccc(-c3c(N(c4ccc(-c5ccccc5)cc4)c4ccc(-c5cccc6c5sc5ccccc56)cc4)ccc4c3oc3c5ccccc5ccc43)cc21. The first-order chi connectivity index (χ1) is 31.5. The molecule has 1 aliphatic rings. The lowest BCUT2D eigenvalue weighted by molar-refractivity contribution is 0.660. The molecule has 0 aliphatic heterocycles.